The molecular weight excluding hydrogens is 222 g/mol. The number of aromatic nitrogens is 1. The van der Waals surface area contributed by atoms with Crippen LogP contribution in [0.15, 0.2) is 48.7 Å². The van der Waals surface area contributed by atoms with Gasteiger partial charge in [-0.05, 0) is 31.1 Å². The van der Waals surface area contributed by atoms with Gasteiger partial charge in [0.05, 0.1) is 5.52 Å². The fourth-order valence-corrected chi connectivity index (χ4v) is 1.62. The van der Waals surface area contributed by atoms with E-state index in [2.05, 4.69) is 16.8 Å². The summed E-state index contributed by atoms with van der Waals surface area (Å²) in [5, 5.41) is 9.73. The molecule has 0 aliphatic rings. The molecule has 0 aliphatic heterocycles. The molecule has 0 spiro atoms. The van der Waals surface area contributed by atoms with Crippen molar-refractivity contribution >= 4 is 10.9 Å². The molecule has 1 N–H and O–H groups in total. The number of pyridine rings is 1. The number of hydrogen-bond donors (Lipinski definition) is 1. The van der Waals surface area contributed by atoms with Crippen molar-refractivity contribution in [2.45, 2.75) is 12.8 Å². The third kappa shape index (κ3) is 3.44. The first kappa shape index (κ1) is 12.3. The zero-order valence-corrected chi connectivity index (χ0v) is 10.1. The zero-order valence-electron chi connectivity index (χ0n) is 10.1. The molecule has 2 nitrogen and oxygen atoms in total. The van der Waals surface area contributed by atoms with Gasteiger partial charge in [-0.15, -0.1) is 0 Å². The van der Waals surface area contributed by atoms with Crippen LogP contribution in [-0.2, 0) is 0 Å². The van der Waals surface area contributed by atoms with Gasteiger partial charge in [0, 0.05) is 23.8 Å². The third-order valence-electron chi connectivity index (χ3n) is 2.54. The smallest absolute Gasteiger partial charge is 0.0702 e. The fourth-order valence-electron chi connectivity index (χ4n) is 1.62. The molecule has 1 aromatic heterocycles. The van der Waals surface area contributed by atoms with Gasteiger partial charge in [-0.3, -0.25) is 4.98 Å². The van der Waals surface area contributed by atoms with Gasteiger partial charge in [0.1, 0.15) is 0 Å². The minimum atomic E-state index is 0.229. The van der Waals surface area contributed by atoms with E-state index in [9.17, 15) is 0 Å². The second-order valence-electron chi connectivity index (χ2n) is 3.95. The average molecular weight is 237 g/mol. The number of para-hydroxylation sites is 1. The molecule has 0 fully saturated rings. The molecule has 90 valence electrons. The van der Waals surface area contributed by atoms with Crippen LogP contribution in [0.5, 0.6) is 0 Å². The first-order valence-electron chi connectivity index (χ1n) is 6.02. The maximum Gasteiger partial charge on any atom is 0.0702 e. The van der Waals surface area contributed by atoms with Crippen molar-refractivity contribution in [3.05, 3.63) is 54.2 Å². The van der Waals surface area contributed by atoms with Crippen molar-refractivity contribution in [2.24, 2.45) is 0 Å². The topological polar surface area (TPSA) is 33.1 Å². The van der Waals surface area contributed by atoms with E-state index in [1.165, 1.54) is 0 Å². The summed E-state index contributed by atoms with van der Waals surface area (Å²) in [5.74, 6) is 6.02. The quantitative estimate of drug-likeness (QED) is 0.657. The molecule has 1 heterocycles. The highest BCUT2D eigenvalue weighted by Gasteiger charge is 1.93. The molecule has 0 bridgehead atoms. The van der Waals surface area contributed by atoms with Gasteiger partial charge in [-0.1, -0.05) is 36.1 Å². The van der Waals surface area contributed by atoms with Crippen molar-refractivity contribution in [3.63, 3.8) is 0 Å². The molecule has 0 saturated heterocycles. The van der Waals surface area contributed by atoms with Gasteiger partial charge in [0.25, 0.3) is 0 Å². The lowest BCUT2D eigenvalue weighted by Gasteiger charge is -1.95. The number of fused-ring (bicyclic) bond motifs is 1. The molecule has 1 aromatic carbocycles. The Kier molecular flexibility index (Phi) is 4.52. The molecule has 0 atom stereocenters. The number of allylic oxidation sites excluding steroid dienone is 2. The predicted octanol–water partition coefficient (Wildman–Crippen LogP) is 2.92. The van der Waals surface area contributed by atoms with Crippen LogP contribution in [-0.4, -0.2) is 16.7 Å². The summed E-state index contributed by atoms with van der Waals surface area (Å²) < 4.78 is 0. The number of aliphatic hydroxyl groups excluding tert-OH is 1. The lowest BCUT2D eigenvalue weighted by molar-refractivity contribution is 0.289. The first-order valence-corrected chi connectivity index (χ1v) is 6.02. The van der Waals surface area contributed by atoms with Gasteiger partial charge in [-0.2, -0.15) is 0 Å². The Bertz CT molecular complexity index is 605. The highest BCUT2D eigenvalue weighted by Crippen LogP contribution is 2.11. The second-order valence-corrected chi connectivity index (χ2v) is 3.95. The van der Waals surface area contributed by atoms with Crippen LogP contribution in [0, 0.1) is 11.8 Å². The number of unbranched alkanes of at least 4 members (excludes halogenated alkanes) is 1. The van der Waals surface area contributed by atoms with E-state index in [4.69, 9.17) is 5.11 Å². The number of hydrogen-bond acceptors (Lipinski definition) is 2. The van der Waals surface area contributed by atoms with Gasteiger partial charge in [-0.25, -0.2) is 0 Å². The summed E-state index contributed by atoms with van der Waals surface area (Å²) in [6.45, 7) is 0.229. The largest absolute Gasteiger partial charge is 0.396 e. The molecule has 2 heteroatoms. The van der Waals surface area contributed by atoms with Crippen LogP contribution in [0.25, 0.3) is 10.9 Å². The number of aliphatic hydroxyl groups is 1. The van der Waals surface area contributed by atoms with Gasteiger partial charge in [0.2, 0.25) is 0 Å². The maximum atomic E-state index is 8.62. The summed E-state index contributed by atoms with van der Waals surface area (Å²) in [4.78, 5) is 4.35. The van der Waals surface area contributed by atoms with E-state index in [0.717, 1.165) is 29.3 Å². The van der Waals surface area contributed by atoms with Crippen molar-refractivity contribution < 1.29 is 5.11 Å². The molecule has 18 heavy (non-hydrogen) atoms. The third-order valence-corrected chi connectivity index (χ3v) is 2.54. The molecule has 0 unspecified atom stereocenters. The van der Waals surface area contributed by atoms with Gasteiger partial charge >= 0.3 is 0 Å². The standard InChI is InChI=1S/C16H15NO/c18-11-7-3-1-2-4-8-14-12-15-9-5-6-10-16(15)17-13-14/h1-2,5-6,9-10,12-13,18H,3,7,11H2/b2-1+. The Hall–Kier alpha value is -2.11. The first-order chi connectivity index (χ1) is 8.90. The summed E-state index contributed by atoms with van der Waals surface area (Å²) >= 11 is 0. The monoisotopic (exact) mass is 237 g/mol. The zero-order chi connectivity index (χ0) is 12.6. The van der Waals surface area contributed by atoms with Gasteiger partial charge in [0.15, 0.2) is 0 Å². The minimum absolute atomic E-state index is 0.229. The van der Waals surface area contributed by atoms with Crippen LogP contribution in [0.4, 0.5) is 0 Å². The molecule has 0 aliphatic carbocycles. The van der Waals surface area contributed by atoms with Crippen molar-refractivity contribution in [3.8, 4) is 11.8 Å². The number of nitrogens with zero attached hydrogens (tertiary/aromatic N) is 1. The Morgan fingerprint density at radius 1 is 1.28 bits per heavy atom. The summed E-state index contributed by atoms with van der Waals surface area (Å²) in [6, 6.07) is 10.0. The Morgan fingerprint density at radius 3 is 3.06 bits per heavy atom. The summed E-state index contributed by atoms with van der Waals surface area (Å²) in [5.41, 5.74) is 1.90. The van der Waals surface area contributed by atoms with Crippen LogP contribution in [0.3, 0.4) is 0 Å². The highest BCUT2D eigenvalue weighted by molar-refractivity contribution is 5.79. The average Bonchev–Trinajstić information content (AvgIpc) is 2.42. The normalized spacial score (nSPS) is 10.5. The van der Waals surface area contributed by atoms with Crippen molar-refractivity contribution in [1.82, 2.24) is 4.98 Å². The van der Waals surface area contributed by atoms with Crippen molar-refractivity contribution in [1.29, 1.82) is 0 Å². The fraction of sp³-hybridized carbons (Fsp3) is 0.188. The van der Waals surface area contributed by atoms with Crippen LogP contribution in [0.1, 0.15) is 18.4 Å². The molecule has 0 radical (unpaired) electrons. The van der Waals surface area contributed by atoms with E-state index < -0.39 is 0 Å². The molecular formula is C16H15NO. The van der Waals surface area contributed by atoms with Gasteiger partial charge < -0.3 is 5.11 Å². The van der Waals surface area contributed by atoms with Crippen LogP contribution >= 0.6 is 0 Å². The summed E-state index contributed by atoms with van der Waals surface area (Å²) in [6.07, 6.45) is 7.23. The Morgan fingerprint density at radius 2 is 2.17 bits per heavy atom. The Balaban J connectivity index is 2.08. The Labute approximate surface area is 107 Å². The lowest BCUT2D eigenvalue weighted by Crippen LogP contribution is -1.81. The van der Waals surface area contributed by atoms with E-state index in [-0.39, 0.29) is 6.61 Å². The predicted molar refractivity (Wildman–Crippen MR) is 74.1 cm³/mol. The molecule has 0 amide bonds. The molecule has 0 saturated carbocycles. The number of rotatable bonds is 3. The SMILES string of the molecule is OCCC/C=C/C#Cc1cnc2ccccc2c1. The summed E-state index contributed by atoms with van der Waals surface area (Å²) in [7, 11) is 0. The van der Waals surface area contributed by atoms with Crippen molar-refractivity contribution in [2.75, 3.05) is 6.61 Å². The minimum Gasteiger partial charge on any atom is -0.396 e. The highest BCUT2D eigenvalue weighted by atomic mass is 16.2. The lowest BCUT2D eigenvalue weighted by atomic mass is 10.1. The molecule has 2 aromatic rings. The maximum absolute atomic E-state index is 8.62. The van der Waals surface area contributed by atoms with E-state index in [1.807, 2.05) is 42.5 Å². The molecule has 2 rings (SSSR count). The van der Waals surface area contributed by atoms with E-state index >= 15 is 0 Å². The van der Waals surface area contributed by atoms with Crippen LogP contribution < -0.4 is 0 Å². The van der Waals surface area contributed by atoms with Crippen LogP contribution in [0.2, 0.25) is 0 Å². The second kappa shape index (κ2) is 6.58. The van der Waals surface area contributed by atoms with E-state index in [1.54, 1.807) is 6.20 Å². The number of benzene rings is 1. The van der Waals surface area contributed by atoms with E-state index in [0.29, 0.717) is 0 Å².